The highest BCUT2D eigenvalue weighted by molar-refractivity contribution is 5.16. The molecule has 17 heavy (non-hydrogen) atoms. The Labute approximate surface area is 104 Å². The Morgan fingerprint density at radius 2 is 2.41 bits per heavy atom. The second kappa shape index (κ2) is 6.12. The zero-order valence-electron chi connectivity index (χ0n) is 10.7. The summed E-state index contributed by atoms with van der Waals surface area (Å²) in [7, 11) is 0. The Bertz CT molecular complexity index is 328. The third-order valence-electron chi connectivity index (χ3n) is 3.29. The van der Waals surface area contributed by atoms with Crippen molar-refractivity contribution < 1.29 is 4.74 Å². The molecular formula is C14H22N2O. The van der Waals surface area contributed by atoms with Gasteiger partial charge >= 0.3 is 0 Å². The fraction of sp³-hybridized carbons (Fsp3) is 0.643. The molecule has 1 aromatic rings. The summed E-state index contributed by atoms with van der Waals surface area (Å²) in [6.07, 6.45) is 7.88. The topological polar surface area (TPSA) is 34.2 Å². The molecule has 3 heteroatoms. The molecule has 3 nitrogen and oxygen atoms in total. The Morgan fingerprint density at radius 3 is 3.00 bits per heavy atom. The number of rotatable bonds is 5. The van der Waals surface area contributed by atoms with E-state index in [-0.39, 0.29) is 6.04 Å². The van der Waals surface area contributed by atoms with E-state index < -0.39 is 0 Å². The second-order valence-electron chi connectivity index (χ2n) is 4.78. The van der Waals surface area contributed by atoms with E-state index in [1.165, 1.54) is 5.56 Å². The predicted molar refractivity (Wildman–Crippen MR) is 68.8 cm³/mol. The van der Waals surface area contributed by atoms with Crippen molar-refractivity contribution in [2.45, 2.75) is 51.4 Å². The van der Waals surface area contributed by atoms with Gasteiger partial charge in [0.25, 0.3) is 0 Å². The van der Waals surface area contributed by atoms with Gasteiger partial charge in [-0.25, -0.2) is 0 Å². The van der Waals surface area contributed by atoms with E-state index in [2.05, 4.69) is 30.2 Å². The number of hydrogen-bond donors (Lipinski definition) is 1. The Hall–Kier alpha value is -0.930. The first-order valence-electron chi connectivity index (χ1n) is 6.60. The summed E-state index contributed by atoms with van der Waals surface area (Å²) < 4.78 is 5.98. The summed E-state index contributed by atoms with van der Waals surface area (Å²) in [4.78, 5) is 4.21. The van der Waals surface area contributed by atoms with Crippen LogP contribution in [0.1, 0.15) is 44.7 Å². The first kappa shape index (κ1) is 12.5. The van der Waals surface area contributed by atoms with E-state index in [0.29, 0.717) is 12.2 Å². The number of ether oxygens (including phenoxy) is 1. The van der Waals surface area contributed by atoms with Crippen molar-refractivity contribution in [1.29, 1.82) is 0 Å². The third kappa shape index (κ3) is 3.27. The van der Waals surface area contributed by atoms with Gasteiger partial charge in [0.1, 0.15) is 0 Å². The third-order valence-corrected chi connectivity index (χ3v) is 3.29. The molecule has 1 aliphatic heterocycles. The van der Waals surface area contributed by atoms with Gasteiger partial charge in [0.2, 0.25) is 0 Å². The molecule has 3 atom stereocenters. The largest absolute Gasteiger partial charge is 0.373 e. The van der Waals surface area contributed by atoms with Crippen LogP contribution in [0, 0.1) is 0 Å². The van der Waals surface area contributed by atoms with Crippen LogP contribution >= 0.6 is 0 Å². The lowest BCUT2D eigenvalue weighted by Gasteiger charge is -2.25. The highest BCUT2D eigenvalue weighted by Crippen LogP contribution is 2.29. The summed E-state index contributed by atoms with van der Waals surface area (Å²) in [6.45, 7) is 5.36. The number of nitrogens with one attached hydrogen (secondary N) is 1. The summed E-state index contributed by atoms with van der Waals surface area (Å²) in [5.74, 6) is 0. The monoisotopic (exact) mass is 234 g/mol. The second-order valence-corrected chi connectivity index (χ2v) is 4.78. The van der Waals surface area contributed by atoms with Crippen LogP contribution in [0.5, 0.6) is 0 Å². The van der Waals surface area contributed by atoms with Gasteiger partial charge in [0.05, 0.1) is 18.2 Å². The van der Waals surface area contributed by atoms with Crippen LogP contribution in [-0.4, -0.2) is 23.7 Å². The molecule has 0 saturated carbocycles. The average Bonchev–Trinajstić information content (AvgIpc) is 2.78. The Balaban J connectivity index is 2.08. The van der Waals surface area contributed by atoms with Crippen LogP contribution < -0.4 is 5.32 Å². The summed E-state index contributed by atoms with van der Waals surface area (Å²) in [5, 5.41) is 3.58. The quantitative estimate of drug-likeness (QED) is 0.850. The predicted octanol–water partition coefficient (Wildman–Crippen LogP) is 2.69. The standard InChI is InChI=1S/C14H22N2O/c1-3-8-16-14(12-5-4-9-15-10-12)13-7-6-11(2)17-13/h4-5,9-11,13-14,16H,3,6-8H2,1-2H3. The van der Waals surface area contributed by atoms with Crippen molar-refractivity contribution in [3.63, 3.8) is 0 Å². The molecular weight excluding hydrogens is 212 g/mol. The number of hydrogen-bond acceptors (Lipinski definition) is 3. The van der Waals surface area contributed by atoms with Gasteiger partial charge in [0, 0.05) is 12.4 Å². The van der Waals surface area contributed by atoms with Gasteiger partial charge in [-0.1, -0.05) is 13.0 Å². The number of pyridine rings is 1. The molecule has 0 aromatic carbocycles. The lowest BCUT2D eigenvalue weighted by atomic mass is 10.0. The van der Waals surface area contributed by atoms with E-state index in [4.69, 9.17) is 4.74 Å². The molecule has 1 aliphatic rings. The van der Waals surface area contributed by atoms with Crippen molar-refractivity contribution in [3.8, 4) is 0 Å². The van der Waals surface area contributed by atoms with Gasteiger partial charge in [-0.05, 0) is 44.4 Å². The number of nitrogens with zero attached hydrogens (tertiary/aromatic N) is 1. The molecule has 0 bridgehead atoms. The minimum Gasteiger partial charge on any atom is -0.373 e. The van der Waals surface area contributed by atoms with Gasteiger partial charge in [-0.2, -0.15) is 0 Å². The van der Waals surface area contributed by atoms with Crippen LogP contribution in [0.25, 0.3) is 0 Å². The van der Waals surface area contributed by atoms with Crippen LogP contribution in [-0.2, 0) is 4.74 Å². The summed E-state index contributed by atoms with van der Waals surface area (Å²) in [5.41, 5.74) is 1.24. The molecule has 0 radical (unpaired) electrons. The molecule has 2 rings (SSSR count). The molecule has 3 unspecified atom stereocenters. The summed E-state index contributed by atoms with van der Waals surface area (Å²) in [6, 6.07) is 4.41. The van der Waals surface area contributed by atoms with E-state index in [1.807, 2.05) is 18.5 Å². The first-order valence-corrected chi connectivity index (χ1v) is 6.60. The van der Waals surface area contributed by atoms with E-state index in [0.717, 1.165) is 25.8 Å². The zero-order valence-corrected chi connectivity index (χ0v) is 10.7. The lowest BCUT2D eigenvalue weighted by molar-refractivity contribution is 0.0315. The molecule has 1 fully saturated rings. The van der Waals surface area contributed by atoms with Gasteiger partial charge < -0.3 is 10.1 Å². The van der Waals surface area contributed by atoms with Crippen molar-refractivity contribution >= 4 is 0 Å². The SMILES string of the molecule is CCCNC(c1cccnc1)C1CCC(C)O1. The molecule has 94 valence electrons. The van der Waals surface area contributed by atoms with Crippen LogP contribution in [0.3, 0.4) is 0 Å². The smallest absolute Gasteiger partial charge is 0.0774 e. The van der Waals surface area contributed by atoms with Crippen LogP contribution in [0.2, 0.25) is 0 Å². The minimum absolute atomic E-state index is 0.286. The lowest BCUT2D eigenvalue weighted by Crippen LogP contribution is -2.32. The molecule has 1 saturated heterocycles. The fourth-order valence-electron chi connectivity index (χ4n) is 2.40. The van der Waals surface area contributed by atoms with Gasteiger partial charge in [0.15, 0.2) is 0 Å². The molecule has 0 spiro atoms. The Morgan fingerprint density at radius 1 is 1.53 bits per heavy atom. The van der Waals surface area contributed by atoms with E-state index >= 15 is 0 Å². The fourth-order valence-corrected chi connectivity index (χ4v) is 2.40. The van der Waals surface area contributed by atoms with Gasteiger partial charge in [-0.15, -0.1) is 0 Å². The molecule has 0 aliphatic carbocycles. The average molecular weight is 234 g/mol. The maximum atomic E-state index is 5.98. The van der Waals surface area contributed by atoms with Crippen LogP contribution in [0.4, 0.5) is 0 Å². The maximum absolute atomic E-state index is 5.98. The van der Waals surface area contributed by atoms with Crippen molar-refractivity contribution in [1.82, 2.24) is 10.3 Å². The molecule has 1 aromatic heterocycles. The van der Waals surface area contributed by atoms with E-state index in [1.54, 1.807) is 0 Å². The number of aromatic nitrogens is 1. The van der Waals surface area contributed by atoms with E-state index in [9.17, 15) is 0 Å². The van der Waals surface area contributed by atoms with Gasteiger partial charge in [-0.3, -0.25) is 4.98 Å². The minimum atomic E-state index is 0.286. The maximum Gasteiger partial charge on any atom is 0.0774 e. The highest BCUT2D eigenvalue weighted by Gasteiger charge is 2.30. The van der Waals surface area contributed by atoms with Crippen molar-refractivity contribution in [2.75, 3.05) is 6.54 Å². The Kier molecular flexibility index (Phi) is 4.51. The normalized spacial score (nSPS) is 26.0. The van der Waals surface area contributed by atoms with Crippen molar-refractivity contribution in [2.24, 2.45) is 0 Å². The molecule has 0 amide bonds. The first-order chi connectivity index (χ1) is 8.31. The summed E-state index contributed by atoms with van der Waals surface area (Å²) >= 11 is 0. The van der Waals surface area contributed by atoms with Crippen molar-refractivity contribution in [3.05, 3.63) is 30.1 Å². The highest BCUT2D eigenvalue weighted by atomic mass is 16.5. The van der Waals surface area contributed by atoms with Crippen LogP contribution in [0.15, 0.2) is 24.5 Å². The zero-order chi connectivity index (χ0) is 12.1. The molecule has 1 N–H and O–H groups in total. The molecule has 2 heterocycles.